The Bertz CT molecular complexity index is 232. The summed E-state index contributed by atoms with van der Waals surface area (Å²) in [6, 6.07) is 0.706. The number of ketones is 1. The summed E-state index contributed by atoms with van der Waals surface area (Å²) >= 11 is 0. The normalized spacial score (nSPS) is 25.2. The predicted octanol–water partition coefficient (Wildman–Crippen LogP) is 1.86. The van der Waals surface area contributed by atoms with Gasteiger partial charge in [0.1, 0.15) is 0 Å². The van der Waals surface area contributed by atoms with Gasteiger partial charge < -0.3 is 4.74 Å². The molecule has 2 fully saturated rings. The summed E-state index contributed by atoms with van der Waals surface area (Å²) in [5, 5.41) is 0. The van der Waals surface area contributed by atoms with E-state index in [9.17, 15) is 4.79 Å². The maximum atomic E-state index is 12.0. The number of rotatable bonds is 7. The highest BCUT2D eigenvalue weighted by molar-refractivity contribution is 5.83. The first-order valence-corrected chi connectivity index (χ1v) is 6.65. The minimum absolute atomic E-state index is 0.183. The van der Waals surface area contributed by atoms with Gasteiger partial charge in [-0.15, -0.1) is 0 Å². The van der Waals surface area contributed by atoms with Crippen LogP contribution in [0.1, 0.15) is 39.0 Å². The molecule has 0 amide bonds. The first kappa shape index (κ1) is 12.1. The van der Waals surface area contributed by atoms with Gasteiger partial charge in [0.25, 0.3) is 0 Å². The zero-order valence-corrected chi connectivity index (χ0v) is 10.3. The Balaban J connectivity index is 1.77. The van der Waals surface area contributed by atoms with Gasteiger partial charge in [0.2, 0.25) is 0 Å². The molecule has 0 spiro atoms. The largest absolute Gasteiger partial charge is 0.381 e. The topological polar surface area (TPSA) is 29.5 Å². The smallest absolute Gasteiger partial charge is 0.152 e. The van der Waals surface area contributed by atoms with Gasteiger partial charge in [-0.3, -0.25) is 9.69 Å². The van der Waals surface area contributed by atoms with Crippen LogP contribution in [0.4, 0.5) is 0 Å². The van der Waals surface area contributed by atoms with Gasteiger partial charge in [-0.25, -0.2) is 0 Å². The number of carbonyl (C=O) groups is 1. The van der Waals surface area contributed by atoms with E-state index >= 15 is 0 Å². The van der Waals surface area contributed by atoms with Crippen molar-refractivity contribution in [3.05, 3.63) is 0 Å². The van der Waals surface area contributed by atoms with Crippen molar-refractivity contribution in [2.24, 2.45) is 5.92 Å². The molecule has 0 aromatic carbocycles. The van der Waals surface area contributed by atoms with Gasteiger partial charge in [-0.1, -0.05) is 13.3 Å². The van der Waals surface area contributed by atoms with Crippen LogP contribution in [0.15, 0.2) is 0 Å². The fourth-order valence-corrected chi connectivity index (χ4v) is 2.31. The van der Waals surface area contributed by atoms with Crippen LogP contribution in [0, 0.1) is 5.92 Å². The average molecular weight is 225 g/mol. The van der Waals surface area contributed by atoms with E-state index < -0.39 is 0 Å². The van der Waals surface area contributed by atoms with Crippen molar-refractivity contribution in [2.75, 3.05) is 26.3 Å². The van der Waals surface area contributed by atoms with E-state index in [0.29, 0.717) is 25.0 Å². The molecule has 1 saturated heterocycles. The molecular formula is C13H23NO2. The molecule has 3 nitrogen and oxygen atoms in total. The molecule has 0 aromatic rings. The van der Waals surface area contributed by atoms with E-state index in [2.05, 4.69) is 11.8 Å². The summed E-state index contributed by atoms with van der Waals surface area (Å²) in [5.41, 5.74) is 0. The van der Waals surface area contributed by atoms with Crippen LogP contribution in [0.2, 0.25) is 0 Å². The van der Waals surface area contributed by atoms with Gasteiger partial charge >= 0.3 is 0 Å². The van der Waals surface area contributed by atoms with Crippen LogP contribution in [0.3, 0.4) is 0 Å². The SMILES string of the molecule is CCCCN(CC(=O)C1CCOC1)C1CC1. The van der Waals surface area contributed by atoms with E-state index in [1.165, 1.54) is 25.7 Å². The highest BCUT2D eigenvalue weighted by Gasteiger charge is 2.32. The lowest BCUT2D eigenvalue weighted by atomic mass is 10.0. The molecule has 92 valence electrons. The lowest BCUT2D eigenvalue weighted by molar-refractivity contribution is -0.124. The first-order valence-electron chi connectivity index (χ1n) is 6.65. The molecule has 0 aromatic heterocycles. The van der Waals surface area contributed by atoms with Crippen LogP contribution in [-0.2, 0) is 9.53 Å². The number of Topliss-reactive ketones (excluding diaryl/α,β-unsaturated/α-hetero) is 1. The highest BCUT2D eigenvalue weighted by atomic mass is 16.5. The molecular weight excluding hydrogens is 202 g/mol. The molecule has 1 saturated carbocycles. The third kappa shape index (κ3) is 3.29. The minimum atomic E-state index is 0.183. The van der Waals surface area contributed by atoms with Crippen molar-refractivity contribution in [1.29, 1.82) is 0 Å². The number of unbranched alkanes of at least 4 members (excludes halogenated alkanes) is 1. The van der Waals surface area contributed by atoms with Crippen molar-refractivity contribution >= 4 is 5.78 Å². The van der Waals surface area contributed by atoms with Crippen LogP contribution < -0.4 is 0 Å². The third-order valence-corrected chi connectivity index (χ3v) is 3.61. The lowest BCUT2D eigenvalue weighted by Crippen LogP contribution is -2.35. The highest BCUT2D eigenvalue weighted by Crippen LogP contribution is 2.27. The van der Waals surface area contributed by atoms with Crippen molar-refractivity contribution in [1.82, 2.24) is 4.90 Å². The molecule has 0 N–H and O–H groups in total. The number of hydrogen-bond donors (Lipinski definition) is 0. The minimum Gasteiger partial charge on any atom is -0.381 e. The Morgan fingerprint density at radius 3 is 2.75 bits per heavy atom. The molecule has 1 aliphatic heterocycles. The van der Waals surface area contributed by atoms with E-state index in [-0.39, 0.29) is 5.92 Å². The fourth-order valence-electron chi connectivity index (χ4n) is 2.31. The summed E-state index contributed by atoms with van der Waals surface area (Å²) in [7, 11) is 0. The second kappa shape index (κ2) is 5.78. The van der Waals surface area contributed by atoms with Gasteiger partial charge in [-0.05, 0) is 32.2 Å². The molecule has 2 aliphatic rings. The van der Waals surface area contributed by atoms with Crippen molar-refractivity contribution < 1.29 is 9.53 Å². The second-order valence-corrected chi connectivity index (χ2v) is 5.08. The molecule has 0 radical (unpaired) electrons. The summed E-state index contributed by atoms with van der Waals surface area (Å²) < 4.78 is 5.28. The Morgan fingerprint density at radius 2 is 2.19 bits per heavy atom. The first-order chi connectivity index (χ1) is 7.81. The monoisotopic (exact) mass is 225 g/mol. The number of hydrogen-bond acceptors (Lipinski definition) is 3. The summed E-state index contributed by atoms with van der Waals surface area (Å²) in [6.07, 6.45) is 5.94. The third-order valence-electron chi connectivity index (χ3n) is 3.61. The quantitative estimate of drug-likeness (QED) is 0.662. The maximum absolute atomic E-state index is 12.0. The summed E-state index contributed by atoms with van der Waals surface area (Å²) in [4.78, 5) is 14.4. The van der Waals surface area contributed by atoms with E-state index in [4.69, 9.17) is 4.74 Å². The molecule has 2 rings (SSSR count). The Labute approximate surface area is 98.1 Å². The van der Waals surface area contributed by atoms with E-state index in [0.717, 1.165) is 19.6 Å². The van der Waals surface area contributed by atoms with Crippen molar-refractivity contribution in [2.45, 2.75) is 45.1 Å². The van der Waals surface area contributed by atoms with E-state index in [1.807, 2.05) is 0 Å². The second-order valence-electron chi connectivity index (χ2n) is 5.08. The predicted molar refractivity (Wildman–Crippen MR) is 63.4 cm³/mol. The van der Waals surface area contributed by atoms with Gasteiger partial charge in [0, 0.05) is 18.6 Å². The summed E-state index contributed by atoms with van der Waals surface area (Å²) in [6.45, 7) is 5.40. The zero-order valence-electron chi connectivity index (χ0n) is 10.3. The number of carbonyl (C=O) groups excluding carboxylic acids is 1. The van der Waals surface area contributed by atoms with Crippen LogP contribution in [-0.4, -0.2) is 43.0 Å². The summed E-state index contributed by atoms with van der Waals surface area (Å²) in [5.74, 6) is 0.586. The van der Waals surface area contributed by atoms with Crippen LogP contribution in [0.5, 0.6) is 0 Å². The molecule has 1 aliphatic carbocycles. The fraction of sp³-hybridized carbons (Fsp3) is 0.923. The zero-order chi connectivity index (χ0) is 11.4. The molecule has 3 heteroatoms. The molecule has 1 heterocycles. The number of nitrogens with zero attached hydrogens (tertiary/aromatic N) is 1. The Kier molecular flexibility index (Phi) is 4.36. The van der Waals surface area contributed by atoms with Crippen LogP contribution >= 0.6 is 0 Å². The Morgan fingerprint density at radius 1 is 1.38 bits per heavy atom. The Hall–Kier alpha value is -0.410. The molecule has 16 heavy (non-hydrogen) atoms. The van der Waals surface area contributed by atoms with Crippen molar-refractivity contribution in [3.63, 3.8) is 0 Å². The standard InChI is InChI=1S/C13H23NO2/c1-2-3-7-14(12-4-5-12)9-13(15)11-6-8-16-10-11/h11-12H,2-10H2,1H3. The maximum Gasteiger partial charge on any atom is 0.152 e. The van der Waals surface area contributed by atoms with Crippen molar-refractivity contribution in [3.8, 4) is 0 Å². The molecule has 1 atom stereocenters. The van der Waals surface area contributed by atoms with Gasteiger partial charge in [0.15, 0.2) is 5.78 Å². The average Bonchev–Trinajstić information content (AvgIpc) is 2.98. The van der Waals surface area contributed by atoms with E-state index in [1.54, 1.807) is 0 Å². The molecule has 0 bridgehead atoms. The molecule has 1 unspecified atom stereocenters. The lowest BCUT2D eigenvalue weighted by Gasteiger charge is -2.22. The number of ether oxygens (including phenoxy) is 1. The van der Waals surface area contributed by atoms with Crippen LogP contribution in [0.25, 0.3) is 0 Å². The van der Waals surface area contributed by atoms with Gasteiger partial charge in [-0.2, -0.15) is 0 Å². The van der Waals surface area contributed by atoms with Gasteiger partial charge in [0.05, 0.1) is 13.2 Å².